The van der Waals surface area contributed by atoms with E-state index in [2.05, 4.69) is 49.1 Å². The van der Waals surface area contributed by atoms with Gasteiger partial charge in [-0.05, 0) is 51.8 Å². The highest BCUT2D eigenvalue weighted by Crippen LogP contribution is 2.24. The fourth-order valence-corrected chi connectivity index (χ4v) is 2.82. The lowest BCUT2D eigenvalue weighted by Crippen LogP contribution is -2.58. The Labute approximate surface area is 111 Å². The van der Waals surface area contributed by atoms with Gasteiger partial charge >= 0.3 is 0 Å². The van der Waals surface area contributed by atoms with E-state index in [4.69, 9.17) is 5.73 Å². The lowest BCUT2D eigenvalue weighted by molar-refractivity contribution is 0.0731. The van der Waals surface area contributed by atoms with E-state index in [1.807, 2.05) is 0 Å². The number of likely N-dealkylation sites (tertiary alicyclic amines) is 1. The van der Waals surface area contributed by atoms with Crippen molar-refractivity contribution in [1.29, 1.82) is 0 Å². The first-order chi connectivity index (χ1) is 8.60. The van der Waals surface area contributed by atoms with Gasteiger partial charge < -0.3 is 5.73 Å². The van der Waals surface area contributed by atoms with Crippen molar-refractivity contribution in [3.63, 3.8) is 0 Å². The highest BCUT2D eigenvalue weighted by atomic mass is 15.2. The monoisotopic (exact) mass is 246 g/mol. The largest absolute Gasteiger partial charge is 0.326 e. The van der Waals surface area contributed by atoms with Gasteiger partial charge in [-0.25, -0.2) is 0 Å². The third kappa shape index (κ3) is 3.12. The molecule has 1 aromatic carbocycles. The van der Waals surface area contributed by atoms with Crippen LogP contribution in [0.2, 0.25) is 0 Å². The van der Waals surface area contributed by atoms with E-state index in [0.717, 1.165) is 6.42 Å². The third-order valence-electron chi connectivity index (χ3n) is 4.38. The van der Waals surface area contributed by atoms with Crippen molar-refractivity contribution in [2.75, 3.05) is 13.1 Å². The average Bonchev–Trinajstić information content (AvgIpc) is 2.41. The van der Waals surface area contributed by atoms with Crippen molar-refractivity contribution < 1.29 is 0 Å². The van der Waals surface area contributed by atoms with Crippen molar-refractivity contribution in [1.82, 2.24) is 4.90 Å². The molecule has 1 saturated heterocycles. The van der Waals surface area contributed by atoms with Crippen LogP contribution in [0, 0.1) is 0 Å². The molecule has 2 rings (SSSR count). The van der Waals surface area contributed by atoms with Gasteiger partial charge in [-0.1, -0.05) is 36.8 Å². The van der Waals surface area contributed by atoms with E-state index < -0.39 is 0 Å². The molecule has 1 aliphatic heterocycles. The summed E-state index contributed by atoms with van der Waals surface area (Å²) in [7, 11) is 0. The van der Waals surface area contributed by atoms with Crippen LogP contribution in [0.5, 0.6) is 0 Å². The van der Waals surface area contributed by atoms with Gasteiger partial charge in [0, 0.05) is 11.6 Å². The van der Waals surface area contributed by atoms with E-state index in [0.29, 0.717) is 0 Å². The topological polar surface area (TPSA) is 29.3 Å². The number of hydrogen-bond donors (Lipinski definition) is 1. The van der Waals surface area contributed by atoms with E-state index in [-0.39, 0.29) is 11.6 Å². The van der Waals surface area contributed by atoms with Crippen LogP contribution in [-0.2, 0) is 6.42 Å². The Balaban J connectivity index is 2.00. The number of piperidine rings is 1. The van der Waals surface area contributed by atoms with Crippen LogP contribution in [0.1, 0.15) is 38.7 Å². The number of nitrogens with zero attached hydrogens (tertiary/aromatic N) is 1. The van der Waals surface area contributed by atoms with Crippen LogP contribution in [-0.4, -0.2) is 29.6 Å². The van der Waals surface area contributed by atoms with Crippen LogP contribution in [0.4, 0.5) is 0 Å². The summed E-state index contributed by atoms with van der Waals surface area (Å²) in [5.41, 5.74) is 7.91. The third-order valence-corrected chi connectivity index (χ3v) is 4.38. The maximum atomic E-state index is 6.47. The Kier molecular flexibility index (Phi) is 4.41. The van der Waals surface area contributed by atoms with Crippen molar-refractivity contribution in [2.24, 2.45) is 5.73 Å². The lowest BCUT2D eigenvalue weighted by atomic mass is 9.87. The number of hydrogen-bond acceptors (Lipinski definition) is 2. The molecule has 1 fully saturated rings. The summed E-state index contributed by atoms with van der Waals surface area (Å²) >= 11 is 0. The first-order valence-corrected chi connectivity index (χ1v) is 7.15. The lowest BCUT2D eigenvalue weighted by Gasteiger charge is -2.44. The minimum absolute atomic E-state index is 0.0935. The molecule has 100 valence electrons. The number of nitrogens with two attached hydrogens (primary N) is 1. The molecule has 0 aromatic heterocycles. The molecule has 1 unspecified atom stereocenters. The minimum Gasteiger partial charge on any atom is -0.326 e. The van der Waals surface area contributed by atoms with Crippen LogP contribution >= 0.6 is 0 Å². The smallest absolute Gasteiger partial charge is 0.0307 e. The van der Waals surface area contributed by atoms with E-state index in [9.17, 15) is 0 Å². The summed E-state index contributed by atoms with van der Waals surface area (Å²) in [5.74, 6) is 0. The predicted octanol–water partition coefficient (Wildman–Crippen LogP) is 2.82. The Morgan fingerprint density at radius 3 is 2.33 bits per heavy atom. The van der Waals surface area contributed by atoms with Gasteiger partial charge in [-0.15, -0.1) is 0 Å². The molecule has 2 N–H and O–H groups in total. The van der Waals surface area contributed by atoms with Crippen LogP contribution < -0.4 is 5.73 Å². The SMILES string of the molecule is CC(C)(C(N)Cc1ccccc1)N1CCCCC1. The van der Waals surface area contributed by atoms with Crippen LogP contribution in [0.25, 0.3) is 0 Å². The van der Waals surface area contributed by atoms with E-state index in [1.54, 1.807) is 0 Å². The van der Waals surface area contributed by atoms with Gasteiger partial charge in [-0.3, -0.25) is 4.90 Å². The Morgan fingerprint density at radius 2 is 1.72 bits per heavy atom. The highest BCUT2D eigenvalue weighted by molar-refractivity contribution is 5.17. The second kappa shape index (κ2) is 5.85. The molecular weight excluding hydrogens is 220 g/mol. The van der Waals surface area contributed by atoms with E-state index >= 15 is 0 Å². The zero-order valence-corrected chi connectivity index (χ0v) is 11.7. The first-order valence-electron chi connectivity index (χ1n) is 7.15. The molecule has 1 aliphatic rings. The maximum absolute atomic E-state index is 6.47. The Hall–Kier alpha value is -0.860. The maximum Gasteiger partial charge on any atom is 0.0307 e. The van der Waals surface area contributed by atoms with Gasteiger partial charge in [-0.2, -0.15) is 0 Å². The van der Waals surface area contributed by atoms with Gasteiger partial charge in [0.2, 0.25) is 0 Å². The average molecular weight is 246 g/mol. The number of rotatable bonds is 4. The summed E-state index contributed by atoms with van der Waals surface area (Å²) in [5, 5.41) is 0. The zero-order chi connectivity index (χ0) is 13.0. The normalized spacial score (nSPS) is 19.7. The predicted molar refractivity (Wildman–Crippen MR) is 77.6 cm³/mol. The van der Waals surface area contributed by atoms with Gasteiger partial charge in [0.15, 0.2) is 0 Å². The van der Waals surface area contributed by atoms with Gasteiger partial charge in [0.05, 0.1) is 0 Å². The molecule has 0 radical (unpaired) electrons. The molecule has 2 nitrogen and oxygen atoms in total. The molecule has 2 heteroatoms. The Bertz CT molecular complexity index is 353. The molecule has 0 saturated carbocycles. The van der Waals surface area contributed by atoms with Gasteiger partial charge in [0.25, 0.3) is 0 Å². The fourth-order valence-electron chi connectivity index (χ4n) is 2.82. The molecule has 0 aliphatic carbocycles. The molecule has 0 amide bonds. The van der Waals surface area contributed by atoms with E-state index in [1.165, 1.54) is 37.9 Å². The van der Waals surface area contributed by atoms with Crippen molar-refractivity contribution in [2.45, 2.75) is 51.1 Å². The molecule has 0 bridgehead atoms. The molecule has 1 aromatic rings. The summed E-state index contributed by atoms with van der Waals surface area (Å²) in [6, 6.07) is 10.8. The molecule has 1 heterocycles. The highest BCUT2D eigenvalue weighted by Gasteiger charge is 2.33. The zero-order valence-electron chi connectivity index (χ0n) is 11.7. The molecule has 18 heavy (non-hydrogen) atoms. The molecule has 1 atom stereocenters. The second-order valence-corrected chi connectivity index (χ2v) is 6.00. The summed E-state index contributed by atoms with van der Waals surface area (Å²) in [4.78, 5) is 2.57. The standard InChI is InChI=1S/C16H26N2/c1-16(2,18-11-7-4-8-12-18)15(17)13-14-9-5-3-6-10-14/h3,5-6,9-10,15H,4,7-8,11-13,17H2,1-2H3. The summed E-state index contributed by atoms with van der Waals surface area (Å²) in [6.45, 7) is 7.00. The van der Waals surface area contributed by atoms with Crippen molar-refractivity contribution in [3.05, 3.63) is 35.9 Å². The van der Waals surface area contributed by atoms with Gasteiger partial charge in [0.1, 0.15) is 0 Å². The molecular formula is C16H26N2. The molecule has 0 spiro atoms. The first kappa shape index (κ1) is 13.6. The summed E-state index contributed by atoms with van der Waals surface area (Å²) in [6.07, 6.45) is 4.98. The Morgan fingerprint density at radius 1 is 1.11 bits per heavy atom. The van der Waals surface area contributed by atoms with Crippen molar-refractivity contribution in [3.8, 4) is 0 Å². The van der Waals surface area contributed by atoms with Crippen LogP contribution in [0.3, 0.4) is 0 Å². The van der Waals surface area contributed by atoms with Crippen LogP contribution in [0.15, 0.2) is 30.3 Å². The second-order valence-electron chi connectivity index (χ2n) is 6.00. The fraction of sp³-hybridized carbons (Fsp3) is 0.625. The quantitative estimate of drug-likeness (QED) is 0.885. The minimum atomic E-state index is 0.0935. The van der Waals surface area contributed by atoms with Crippen molar-refractivity contribution >= 4 is 0 Å². The number of benzene rings is 1. The summed E-state index contributed by atoms with van der Waals surface area (Å²) < 4.78 is 0.